The number of nitrogens with zero attached hydrogens (tertiary/aromatic N) is 3. The fourth-order valence-corrected chi connectivity index (χ4v) is 3.31. The largest absolute Gasteiger partial charge is 0.489 e. The van der Waals surface area contributed by atoms with E-state index in [9.17, 15) is 13.2 Å². The second-order valence-electron chi connectivity index (χ2n) is 6.97. The topological polar surface area (TPSA) is 101 Å². The molecule has 2 aromatic rings. The van der Waals surface area contributed by atoms with Crippen molar-refractivity contribution in [2.24, 2.45) is 5.73 Å². The van der Waals surface area contributed by atoms with Crippen molar-refractivity contribution in [3.05, 3.63) is 41.8 Å². The third kappa shape index (κ3) is 4.92. The SMILES string of the molecule is CCC/C=C/COc1ccc(-c2noc([C@@H]3CCCN3C(=N)N)n2)cc1C(F)(F)F. The van der Waals surface area contributed by atoms with Crippen molar-refractivity contribution in [1.29, 1.82) is 5.41 Å². The maximum Gasteiger partial charge on any atom is 0.419 e. The summed E-state index contributed by atoms with van der Waals surface area (Å²) >= 11 is 0. The van der Waals surface area contributed by atoms with Gasteiger partial charge in [-0.05, 0) is 37.5 Å². The Bertz CT molecular complexity index is 910. The van der Waals surface area contributed by atoms with Crippen molar-refractivity contribution in [1.82, 2.24) is 15.0 Å². The van der Waals surface area contributed by atoms with E-state index in [4.69, 9.17) is 20.4 Å². The third-order valence-electron chi connectivity index (χ3n) is 4.79. The fourth-order valence-electron chi connectivity index (χ4n) is 3.31. The van der Waals surface area contributed by atoms with Crippen LogP contribution in [0.25, 0.3) is 11.4 Å². The van der Waals surface area contributed by atoms with Crippen LogP contribution in [0, 0.1) is 5.41 Å². The van der Waals surface area contributed by atoms with Gasteiger partial charge in [0.15, 0.2) is 5.96 Å². The van der Waals surface area contributed by atoms with Gasteiger partial charge in [-0.3, -0.25) is 5.41 Å². The van der Waals surface area contributed by atoms with Crippen LogP contribution in [-0.4, -0.2) is 34.2 Å². The van der Waals surface area contributed by atoms with Crippen LogP contribution in [0.15, 0.2) is 34.9 Å². The van der Waals surface area contributed by atoms with Gasteiger partial charge in [0.05, 0.1) is 5.56 Å². The van der Waals surface area contributed by atoms with E-state index in [2.05, 4.69) is 10.1 Å². The van der Waals surface area contributed by atoms with E-state index in [-0.39, 0.29) is 41.6 Å². The van der Waals surface area contributed by atoms with Gasteiger partial charge < -0.3 is 19.9 Å². The van der Waals surface area contributed by atoms with Crippen LogP contribution in [0.2, 0.25) is 0 Å². The summed E-state index contributed by atoms with van der Waals surface area (Å²) in [6.45, 7) is 2.66. The Balaban J connectivity index is 1.83. The minimum Gasteiger partial charge on any atom is -0.489 e. The van der Waals surface area contributed by atoms with Gasteiger partial charge in [-0.1, -0.05) is 30.7 Å². The summed E-state index contributed by atoms with van der Waals surface area (Å²) in [5.74, 6) is -0.0892. The standard InChI is InChI=1S/C20H24F3N5O2/c1-2-3-4-5-11-29-16-9-8-13(12-14(16)20(21,22)23)17-26-18(30-27-17)15-7-6-10-28(15)19(24)25/h4-5,8-9,12,15H,2-3,6-7,10-11H2,1H3,(H3,24,25)/b5-4+/t15-/m0/s1. The molecule has 30 heavy (non-hydrogen) atoms. The molecule has 0 aliphatic carbocycles. The molecule has 0 saturated carbocycles. The van der Waals surface area contributed by atoms with E-state index in [0.717, 1.165) is 25.3 Å². The summed E-state index contributed by atoms with van der Waals surface area (Å²) < 4.78 is 51.3. The number of aromatic nitrogens is 2. The summed E-state index contributed by atoms with van der Waals surface area (Å²) in [5, 5.41) is 11.5. The summed E-state index contributed by atoms with van der Waals surface area (Å²) in [5.41, 5.74) is 4.83. The second kappa shape index (κ2) is 9.19. The van der Waals surface area contributed by atoms with Gasteiger partial charge >= 0.3 is 6.18 Å². The van der Waals surface area contributed by atoms with Crippen molar-refractivity contribution in [3.8, 4) is 17.1 Å². The Hall–Kier alpha value is -3.04. The molecule has 0 bridgehead atoms. The van der Waals surface area contributed by atoms with Crippen molar-refractivity contribution >= 4 is 5.96 Å². The molecule has 0 amide bonds. The molecule has 10 heteroatoms. The molecule has 0 unspecified atom stereocenters. The van der Waals surface area contributed by atoms with Crippen LogP contribution in [-0.2, 0) is 6.18 Å². The van der Waals surface area contributed by atoms with Gasteiger partial charge in [0, 0.05) is 12.1 Å². The number of ether oxygens (including phenoxy) is 1. The molecule has 1 aliphatic heterocycles. The lowest BCUT2D eigenvalue weighted by atomic mass is 10.1. The molecule has 1 saturated heterocycles. The zero-order valence-corrected chi connectivity index (χ0v) is 16.6. The summed E-state index contributed by atoms with van der Waals surface area (Å²) in [4.78, 5) is 5.88. The first-order chi connectivity index (χ1) is 14.3. The predicted octanol–water partition coefficient (Wildman–Crippen LogP) is 4.52. The molecule has 3 rings (SSSR count). The van der Waals surface area contributed by atoms with E-state index >= 15 is 0 Å². The maximum absolute atomic E-state index is 13.6. The molecule has 7 nitrogen and oxygen atoms in total. The highest BCUT2D eigenvalue weighted by Crippen LogP contribution is 2.39. The Kier molecular flexibility index (Phi) is 6.63. The Morgan fingerprint density at radius 3 is 2.90 bits per heavy atom. The first-order valence-corrected chi connectivity index (χ1v) is 9.75. The fraction of sp³-hybridized carbons (Fsp3) is 0.450. The van der Waals surface area contributed by atoms with Gasteiger partial charge in [-0.2, -0.15) is 18.2 Å². The zero-order chi connectivity index (χ0) is 21.7. The molecule has 1 aromatic carbocycles. The highest BCUT2D eigenvalue weighted by Gasteiger charge is 2.36. The molecule has 1 atom stereocenters. The van der Waals surface area contributed by atoms with Crippen LogP contribution in [0.5, 0.6) is 5.75 Å². The van der Waals surface area contributed by atoms with Gasteiger partial charge in [-0.15, -0.1) is 0 Å². The molecule has 1 aromatic heterocycles. The number of benzene rings is 1. The van der Waals surface area contributed by atoms with Gasteiger partial charge in [0.1, 0.15) is 18.4 Å². The second-order valence-corrected chi connectivity index (χ2v) is 6.97. The number of hydrogen-bond acceptors (Lipinski definition) is 5. The number of nitrogens with two attached hydrogens (primary N) is 1. The number of unbranched alkanes of at least 4 members (excludes halogenated alkanes) is 1. The molecular weight excluding hydrogens is 399 g/mol. The Labute approximate surface area is 172 Å². The average Bonchev–Trinajstić information content (AvgIpc) is 3.36. The van der Waals surface area contributed by atoms with Crippen molar-refractivity contribution in [2.45, 2.75) is 44.8 Å². The molecule has 1 fully saturated rings. The molecule has 1 aliphatic rings. The lowest BCUT2D eigenvalue weighted by Gasteiger charge is -2.21. The van der Waals surface area contributed by atoms with Gasteiger partial charge in [0.25, 0.3) is 0 Å². The number of alkyl halides is 3. The quantitative estimate of drug-likeness (QED) is 0.386. The number of nitrogens with one attached hydrogen (secondary N) is 1. The number of halogens is 3. The molecule has 3 N–H and O–H groups in total. The molecule has 162 valence electrons. The zero-order valence-electron chi connectivity index (χ0n) is 16.6. The summed E-state index contributed by atoms with van der Waals surface area (Å²) in [6, 6.07) is 3.34. The molecule has 0 radical (unpaired) electrons. The lowest BCUT2D eigenvalue weighted by Crippen LogP contribution is -2.35. The van der Waals surface area contributed by atoms with Gasteiger partial charge in [0.2, 0.25) is 11.7 Å². The summed E-state index contributed by atoms with van der Waals surface area (Å²) in [7, 11) is 0. The highest BCUT2D eigenvalue weighted by atomic mass is 19.4. The Morgan fingerprint density at radius 2 is 2.20 bits per heavy atom. The molecular formula is C20H24F3N5O2. The number of likely N-dealkylation sites (tertiary alicyclic amines) is 1. The first kappa shape index (κ1) is 21.7. The van der Waals surface area contributed by atoms with Crippen LogP contribution < -0.4 is 10.5 Å². The molecule has 0 spiro atoms. The van der Waals surface area contributed by atoms with E-state index in [1.807, 2.05) is 13.0 Å². The molecule has 2 heterocycles. The number of hydrogen-bond donors (Lipinski definition) is 2. The van der Waals surface area contributed by atoms with E-state index in [1.54, 1.807) is 11.0 Å². The Morgan fingerprint density at radius 1 is 1.40 bits per heavy atom. The minimum atomic E-state index is -4.60. The minimum absolute atomic E-state index is 0.0419. The number of guanidine groups is 1. The van der Waals surface area contributed by atoms with Crippen molar-refractivity contribution in [2.75, 3.05) is 13.2 Å². The monoisotopic (exact) mass is 423 g/mol. The normalized spacial score (nSPS) is 17.1. The number of allylic oxidation sites excluding steroid dienone is 1. The van der Waals surface area contributed by atoms with Crippen LogP contribution in [0.3, 0.4) is 0 Å². The van der Waals surface area contributed by atoms with E-state index < -0.39 is 11.7 Å². The maximum atomic E-state index is 13.6. The van der Waals surface area contributed by atoms with Crippen LogP contribution in [0.4, 0.5) is 13.2 Å². The van der Waals surface area contributed by atoms with E-state index in [0.29, 0.717) is 13.0 Å². The first-order valence-electron chi connectivity index (χ1n) is 9.75. The predicted molar refractivity (Wildman–Crippen MR) is 105 cm³/mol. The highest BCUT2D eigenvalue weighted by molar-refractivity contribution is 5.75. The smallest absolute Gasteiger partial charge is 0.419 e. The van der Waals surface area contributed by atoms with Crippen LogP contribution >= 0.6 is 0 Å². The number of rotatable bonds is 7. The van der Waals surface area contributed by atoms with Crippen LogP contribution in [0.1, 0.15) is 50.1 Å². The summed E-state index contributed by atoms with van der Waals surface area (Å²) in [6.07, 6.45) is 2.25. The van der Waals surface area contributed by atoms with Crippen molar-refractivity contribution < 1.29 is 22.4 Å². The van der Waals surface area contributed by atoms with E-state index in [1.165, 1.54) is 12.1 Å². The van der Waals surface area contributed by atoms with Gasteiger partial charge in [-0.25, -0.2) is 0 Å². The third-order valence-corrected chi connectivity index (χ3v) is 4.79. The van der Waals surface area contributed by atoms with Crippen molar-refractivity contribution in [3.63, 3.8) is 0 Å². The lowest BCUT2D eigenvalue weighted by molar-refractivity contribution is -0.138. The average molecular weight is 423 g/mol.